The van der Waals surface area contributed by atoms with E-state index in [0.717, 1.165) is 19.1 Å². The summed E-state index contributed by atoms with van der Waals surface area (Å²) in [6, 6.07) is 0. The van der Waals surface area contributed by atoms with Gasteiger partial charge in [-0.1, -0.05) is 13.8 Å². The lowest BCUT2D eigenvalue weighted by molar-refractivity contribution is -0.162. The van der Waals surface area contributed by atoms with E-state index in [9.17, 15) is 9.59 Å². The molecule has 0 radical (unpaired) electrons. The number of hydrogen-bond donors (Lipinski definition) is 0. The standard InChI is InChI=1S/C13H22O4/c1-8-5-6-11(10(3)13(15)16-4)17-12(8)9(2)7-14/h7-12H,5-6H2,1-4H3/t8-,9+,10-,11-,12-/m0/s1. The summed E-state index contributed by atoms with van der Waals surface area (Å²) >= 11 is 0. The van der Waals surface area contributed by atoms with Crippen LogP contribution in [0.3, 0.4) is 0 Å². The second-order valence-electron chi connectivity index (χ2n) is 5.00. The maximum absolute atomic E-state index is 11.5. The smallest absolute Gasteiger partial charge is 0.311 e. The van der Waals surface area contributed by atoms with Gasteiger partial charge in [0.1, 0.15) is 6.29 Å². The molecule has 1 aliphatic rings. The van der Waals surface area contributed by atoms with Crippen LogP contribution in [0, 0.1) is 17.8 Å². The molecular weight excluding hydrogens is 220 g/mol. The van der Waals surface area contributed by atoms with Gasteiger partial charge in [-0.05, 0) is 25.7 Å². The Bertz CT molecular complexity index is 277. The monoisotopic (exact) mass is 242 g/mol. The molecule has 0 spiro atoms. The van der Waals surface area contributed by atoms with Gasteiger partial charge in [-0.2, -0.15) is 0 Å². The van der Waals surface area contributed by atoms with Crippen molar-refractivity contribution in [3.8, 4) is 0 Å². The second kappa shape index (κ2) is 6.15. The molecule has 0 aliphatic carbocycles. The lowest BCUT2D eigenvalue weighted by Gasteiger charge is -2.38. The van der Waals surface area contributed by atoms with Crippen LogP contribution < -0.4 is 0 Å². The van der Waals surface area contributed by atoms with Crippen LogP contribution in [0.4, 0.5) is 0 Å². The zero-order valence-corrected chi connectivity index (χ0v) is 11.0. The number of ether oxygens (including phenoxy) is 2. The van der Waals surface area contributed by atoms with Gasteiger partial charge in [-0.3, -0.25) is 4.79 Å². The Labute approximate surface area is 103 Å². The Hall–Kier alpha value is -0.900. The summed E-state index contributed by atoms with van der Waals surface area (Å²) in [5.41, 5.74) is 0. The first-order valence-corrected chi connectivity index (χ1v) is 6.19. The number of rotatable bonds is 4. The van der Waals surface area contributed by atoms with Crippen molar-refractivity contribution in [1.29, 1.82) is 0 Å². The van der Waals surface area contributed by atoms with Crippen LogP contribution in [0.5, 0.6) is 0 Å². The zero-order chi connectivity index (χ0) is 13.0. The molecule has 0 unspecified atom stereocenters. The van der Waals surface area contributed by atoms with E-state index in [4.69, 9.17) is 9.47 Å². The lowest BCUT2D eigenvalue weighted by atomic mass is 9.84. The van der Waals surface area contributed by atoms with E-state index < -0.39 is 0 Å². The molecule has 0 bridgehead atoms. The molecule has 0 aromatic heterocycles. The highest BCUT2D eigenvalue weighted by atomic mass is 16.5. The highest BCUT2D eigenvalue weighted by Gasteiger charge is 2.36. The fraction of sp³-hybridized carbons (Fsp3) is 0.846. The minimum Gasteiger partial charge on any atom is -0.469 e. The van der Waals surface area contributed by atoms with Crippen molar-refractivity contribution in [3.05, 3.63) is 0 Å². The van der Waals surface area contributed by atoms with E-state index >= 15 is 0 Å². The first-order chi connectivity index (χ1) is 8.01. The van der Waals surface area contributed by atoms with Crippen LogP contribution in [0.2, 0.25) is 0 Å². The molecule has 0 saturated carbocycles. The molecule has 0 amide bonds. The number of hydrogen-bond acceptors (Lipinski definition) is 4. The van der Waals surface area contributed by atoms with E-state index in [1.807, 2.05) is 13.8 Å². The van der Waals surface area contributed by atoms with Crippen molar-refractivity contribution in [3.63, 3.8) is 0 Å². The number of carbonyl (C=O) groups is 2. The summed E-state index contributed by atoms with van der Waals surface area (Å²) in [4.78, 5) is 22.3. The molecule has 4 heteroatoms. The molecule has 1 rings (SSSR count). The van der Waals surface area contributed by atoms with Gasteiger partial charge in [0.05, 0.1) is 25.2 Å². The predicted octanol–water partition coefficient (Wildman–Crippen LogP) is 1.81. The summed E-state index contributed by atoms with van der Waals surface area (Å²) in [6.45, 7) is 5.76. The first kappa shape index (κ1) is 14.2. The molecule has 1 aliphatic heterocycles. The Morgan fingerprint density at radius 3 is 2.59 bits per heavy atom. The van der Waals surface area contributed by atoms with Crippen molar-refractivity contribution >= 4 is 12.3 Å². The molecule has 1 saturated heterocycles. The molecule has 5 atom stereocenters. The fourth-order valence-electron chi connectivity index (χ4n) is 2.42. The summed E-state index contributed by atoms with van der Waals surface area (Å²) in [7, 11) is 1.38. The third-order valence-corrected chi connectivity index (χ3v) is 3.66. The van der Waals surface area contributed by atoms with Crippen LogP contribution in [0.15, 0.2) is 0 Å². The third kappa shape index (κ3) is 3.28. The summed E-state index contributed by atoms with van der Waals surface area (Å²) in [5.74, 6) is -0.287. The second-order valence-corrected chi connectivity index (χ2v) is 5.00. The lowest BCUT2D eigenvalue weighted by Crippen LogP contribution is -2.43. The largest absolute Gasteiger partial charge is 0.469 e. The van der Waals surface area contributed by atoms with Gasteiger partial charge in [-0.25, -0.2) is 0 Å². The van der Waals surface area contributed by atoms with E-state index in [1.165, 1.54) is 7.11 Å². The van der Waals surface area contributed by atoms with E-state index in [-0.39, 0.29) is 30.0 Å². The average molecular weight is 242 g/mol. The van der Waals surface area contributed by atoms with Crippen molar-refractivity contribution in [2.45, 2.75) is 45.8 Å². The van der Waals surface area contributed by atoms with Crippen LogP contribution >= 0.6 is 0 Å². The molecule has 1 fully saturated rings. The summed E-state index contributed by atoms with van der Waals surface area (Å²) in [6.07, 6.45) is 2.53. The molecule has 4 nitrogen and oxygen atoms in total. The van der Waals surface area contributed by atoms with Gasteiger partial charge in [0.2, 0.25) is 0 Å². The summed E-state index contributed by atoms with van der Waals surface area (Å²) in [5, 5.41) is 0. The minimum atomic E-state index is -0.270. The topological polar surface area (TPSA) is 52.6 Å². The SMILES string of the molecule is COC(=O)[C@@H](C)[C@@H]1CC[C@H](C)[C@@H]([C@H](C)C=O)O1. The van der Waals surface area contributed by atoms with Crippen molar-refractivity contribution < 1.29 is 19.1 Å². The number of aldehydes is 1. The summed E-state index contributed by atoms with van der Waals surface area (Å²) < 4.78 is 10.6. The van der Waals surface area contributed by atoms with Gasteiger partial charge in [0.25, 0.3) is 0 Å². The maximum Gasteiger partial charge on any atom is 0.311 e. The number of carbonyl (C=O) groups excluding carboxylic acids is 2. The highest BCUT2D eigenvalue weighted by Crippen LogP contribution is 2.32. The number of methoxy groups -OCH3 is 1. The molecule has 1 heterocycles. The van der Waals surface area contributed by atoms with Gasteiger partial charge in [0, 0.05) is 5.92 Å². The maximum atomic E-state index is 11.5. The Balaban J connectivity index is 2.66. The normalized spacial score (nSPS) is 32.6. The van der Waals surface area contributed by atoms with Crippen molar-refractivity contribution in [2.24, 2.45) is 17.8 Å². The molecule has 0 aromatic carbocycles. The van der Waals surface area contributed by atoms with Crippen molar-refractivity contribution in [2.75, 3.05) is 7.11 Å². The Morgan fingerprint density at radius 1 is 1.41 bits per heavy atom. The quantitative estimate of drug-likeness (QED) is 0.557. The average Bonchev–Trinajstić information content (AvgIpc) is 2.36. The van der Waals surface area contributed by atoms with Gasteiger partial charge in [0.15, 0.2) is 0 Å². The van der Waals surface area contributed by atoms with Gasteiger partial charge < -0.3 is 14.3 Å². The van der Waals surface area contributed by atoms with Crippen LogP contribution in [0.25, 0.3) is 0 Å². The third-order valence-electron chi connectivity index (χ3n) is 3.66. The van der Waals surface area contributed by atoms with E-state index in [2.05, 4.69) is 6.92 Å². The Kier molecular flexibility index (Phi) is 5.12. The molecule has 0 N–H and O–H groups in total. The first-order valence-electron chi connectivity index (χ1n) is 6.19. The highest BCUT2D eigenvalue weighted by molar-refractivity contribution is 5.72. The molecule has 0 aromatic rings. The van der Waals surface area contributed by atoms with Crippen LogP contribution in [0.1, 0.15) is 33.6 Å². The van der Waals surface area contributed by atoms with Gasteiger partial charge >= 0.3 is 5.97 Å². The molecular formula is C13H22O4. The van der Waals surface area contributed by atoms with Crippen molar-refractivity contribution in [1.82, 2.24) is 0 Å². The van der Waals surface area contributed by atoms with E-state index in [1.54, 1.807) is 0 Å². The minimum absolute atomic E-state index is 0.0849. The Morgan fingerprint density at radius 2 is 2.06 bits per heavy atom. The van der Waals surface area contributed by atoms with E-state index in [0.29, 0.717) is 5.92 Å². The van der Waals surface area contributed by atoms with Gasteiger partial charge in [-0.15, -0.1) is 0 Å². The number of esters is 1. The predicted molar refractivity (Wildman–Crippen MR) is 63.5 cm³/mol. The van der Waals surface area contributed by atoms with Crippen LogP contribution in [-0.4, -0.2) is 31.6 Å². The van der Waals surface area contributed by atoms with Crippen LogP contribution in [-0.2, 0) is 19.1 Å². The fourth-order valence-corrected chi connectivity index (χ4v) is 2.42. The molecule has 98 valence electrons. The zero-order valence-electron chi connectivity index (χ0n) is 11.0. The molecule has 17 heavy (non-hydrogen) atoms.